The summed E-state index contributed by atoms with van der Waals surface area (Å²) in [7, 11) is 0. The summed E-state index contributed by atoms with van der Waals surface area (Å²) in [6.45, 7) is 6.54. The van der Waals surface area contributed by atoms with Crippen molar-refractivity contribution in [3.63, 3.8) is 0 Å². The van der Waals surface area contributed by atoms with Gasteiger partial charge >= 0.3 is 17.9 Å². The fourth-order valence-electron chi connectivity index (χ4n) is 7.50. The van der Waals surface area contributed by atoms with Gasteiger partial charge in [0, 0.05) is 19.3 Å². The van der Waals surface area contributed by atoms with Gasteiger partial charge in [0.1, 0.15) is 13.2 Å². The molecule has 0 N–H and O–H groups in total. The highest BCUT2D eigenvalue weighted by atomic mass is 16.6. The standard InChI is InChI=1S/C56H100O6/c1-4-7-10-13-16-18-20-22-24-25-26-27-28-29-30-31-33-34-36-38-40-43-46-49-55(58)61-52-53(51-60-54(57)48-45-42-15-12-9-6-3)62-56(59)50-47-44-41-39-37-35-32-23-21-19-17-14-11-8-5-2/h17,19-20,22-23,25-26,32,53H,4-16,18,21,24,27-31,33-52H2,1-3H3/b19-17-,22-20-,26-25-,32-23-. The summed E-state index contributed by atoms with van der Waals surface area (Å²) in [5.41, 5.74) is 0. The lowest BCUT2D eigenvalue weighted by Crippen LogP contribution is -2.30. The van der Waals surface area contributed by atoms with Crippen LogP contribution in [0.15, 0.2) is 48.6 Å². The van der Waals surface area contributed by atoms with Gasteiger partial charge in [-0.2, -0.15) is 0 Å². The van der Waals surface area contributed by atoms with Gasteiger partial charge in [0.25, 0.3) is 0 Å². The van der Waals surface area contributed by atoms with E-state index in [1.54, 1.807) is 0 Å². The van der Waals surface area contributed by atoms with Gasteiger partial charge < -0.3 is 14.2 Å². The maximum atomic E-state index is 12.7. The molecular formula is C56H100O6. The maximum Gasteiger partial charge on any atom is 0.306 e. The minimum absolute atomic E-state index is 0.0787. The summed E-state index contributed by atoms with van der Waals surface area (Å²) in [4.78, 5) is 37.7. The van der Waals surface area contributed by atoms with Crippen LogP contribution in [0.25, 0.3) is 0 Å². The molecule has 0 aliphatic heterocycles. The Morgan fingerprint density at radius 3 is 0.919 bits per heavy atom. The van der Waals surface area contributed by atoms with E-state index in [1.807, 2.05) is 0 Å². The van der Waals surface area contributed by atoms with Crippen molar-refractivity contribution < 1.29 is 28.6 Å². The van der Waals surface area contributed by atoms with Gasteiger partial charge in [-0.25, -0.2) is 0 Å². The molecule has 0 fully saturated rings. The monoisotopic (exact) mass is 869 g/mol. The van der Waals surface area contributed by atoms with Crippen LogP contribution in [0.3, 0.4) is 0 Å². The number of carbonyl (C=O) groups is 3. The molecule has 0 aromatic carbocycles. The van der Waals surface area contributed by atoms with Gasteiger partial charge in [0.05, 0.1) is 0 Å². The molecule has 0 amide bonds. The van der Waals surface area contributed by atoms with Gasteiger partial charge in [-0.05, 0) is 83.5 Å². The summed E-state index contributed by atoms with van der Waals surface area (Å²) in [6, 6.07) is 0. The zero-order valence-corrected chi connectivity index (χ0v) is 41.1. The number of hydrogen-bond donors (Lipinski definition) is 0. The van der Waals surface area contributed by atoms with E-state index in [0.717, 1.165) is 89.9 Å². The largest absolute Gasteiger partial charge is 0.462 e. The molecular weight excluding hydrogens is 769 g/mol. The van der Waals surface area contributed by atoms with Crippen molar-refractivity contribution in [2.75, 3.05) is 13.2 Å². The van der Waals surface area contributed by atoms with Gasteiger partial charge in [0.15, 0.2) is 6.10 Å². The van der Waals surface area contributed by atoms with Gasteiger partial charge in [-0.1, -0.05) is 217 Å². The third-order valence-corrected chi connectivity index (χ3v) is 11.6. The first-order valence-corrected chi connectivity index (χ1v) is 26.6. The van der Waals surface area contributed by atoms with Gasteiger partial charge in [0.2, 0.25) is 0 Å². The van der Waals surface area contributed by atoms with E-state index < -0.39 is 6.10 Å². The van der Waals surface area contributed by atoms with Crippen LogP contribution in [0.5, 0.6) is 0 Å². The third kappa shape index (κ3) is 48.4. The van der Waals surface area contributed by atoms with E-state index in [1.165, 1.54) is 141 Å². The van der Waals surface area contributed by atoms with Crippen LogP contribution in [0.4, 0.5) is 0 Å². The Bertz CT molecular complexity index is 1090. The zero-order chi connectivity index (χ0) is 45.1. The van der Waals surface area contributed by atoms with Crippen molar-refractivity contribution >= 4 is 17.9 Å². The quantitative estimate of drug-likeness (QED) is 0.0262. The Morgan fingerprint density at radius 2 is 0.581 bits per heavy atom. The molecule has 0 radical (unpaired) electrons. The van der Waals surface area contributed by atoms with Crippen LogP contribution < -0.4 is 0 Å². The molecule has 360 valence electrons. The summed E-state index contributed by atoms with van der Waals surface area (Å²) in [5.74, 6) is -0.898. The Hall–Kier alpha value is -2.63. The number of esters is 3. The SMILES string of the molecule is CCCCC/C=C\C/C=C\CCCCCCCC(=O)OC(COC(=O)CCCCCCCC)COC(=O)CCCCCCCCCCCCC/C=C\C/C=C\CCCCCCC. The highest BCUT2D eigenvalue weighted by molar-refractivity contribution is 5.71. The molecule has 0 aliphatic carbocycles. The van der Waals surface area contributed by atoms with Crippen molar-refractivity contribution in [1.29, 1.82) is 0 Å². The van der Waals surface area contributed by atoms with E-state index in [-0.39, 0.29) is 31.1 Å². The second-order valence-electron chi connectivity index (χ2n) is 17.8. The first-order chi connectivity index (χ1) is 30.5. The molecule has 0 aromatic rings. The summed E-state index contributed by atoms with van der Waals surface area (Å²) < 4.78 is 16.7. The Kier molecular flexibility index (Phi) is 48.8. The minimum atomic E-state index is -0.776. The van der Waals surface area contributed by atoms with Crippen LogP contribution in [-0.4, -0.2) is 37.2 Å². The van der Waals surface area contributed by atoms with Crippen molar-refractivity contribution in [2.45, 2.75) is 277 Å². The summed E-state index contributed by atoms with van der Waals surface area (Å²) >= 11 is 0. The fraction of sp³-hybridized carbons (Fsp3) is 0.804. The van der Waals surface area contributed by atoms with E-state index in [0.29, 0.717) is 19.3 Å². The van der Waals surface area contributed by atoms with Crippen LogP contribution >= 0.6 is 0 Å². The molecule has 0 saturated heterocycles. The molecule has 0 spiro atoms. The topological polar surface area (TPSA) is 78.9 Å². The fourth-order valence-corrected chi connectivity index (χ4v) is 7.50. The average Bonchev–Trinajstić information content (AvgIpc) is 3.27. The molecule has 1 atom stereocenters. The molecule has 0 aliphatic rings. The normalized spacial score (nSPS) is 12.4. The first kappa shape index (κ1) is 59.4. The zero-order valence-electron chi connectivity index (χ0n) is 41.1. The number of allylic oxidation sites excluding steroid dienone is 8. The minimum Gasteiger partial charge on any atom is -0.462 e. The van der Waals surface area contributed by atoms with Crippen LogP contribution in [-0.2, 0) is 28.6 Å². The molecule has 1 unspecified atom stereocenters. The van der Waals surface area contributed by atoms with Crippen LogP contribution in [0, 0.1) is 0 Å². The predicted octanol–water partition coefficient (Wildman–Crippen LogP) is 17.5. The van der Waals surface area contributed by atoms with Gasteiger partial charge in [-0.15, -0.1) is 0 Å². The number of carbonyl (C=O) groups excluding carboxylic acids is 3. The lowest BCUT2D eigenvalue weighted by Gasteiger charge is -2.18. The Labute approximate surface area is 384 Å². The van der Waals surface area contributed by atoms with Crippen molar-refractivity contribution in [2.24, 2.45) is 0 Å². The highest BCUT2D eigenvalue weighted by Gasteiger charge is 2.19. The lowest BCUT2D eigenvalue weighted by atomic mass is 10.0. The highest BCUT2D eigenvalue weighted by Crippen LogP contribution is 2.15. The number of rotatable bonds is 48. The third-order valence-electron chi connectivity index (χ3n) is 11.6. The molecule has 0 saturated carbocycles. The molecule has 62 heavy (non-hydrogen) atoms. The second kappa shape index (κ2) is 51.0. The average molecular weight is 869 g/mol. The van der Waals surface area contributed by atoms with E-state index >= 15 is 0 Å². The molecule has 0 bridgehead atoms. The molecule has 0 aromatic heterocycles. The number of hydrogen-bond acceptors (Lipinski definition) is 6. The maximum absolute atomic E-state index is 12.7. The van der Waals surface area contributed by atoms with Gasteiger partial charge in [-0.3, -0.25) is 14.4 Å². The number of unbranched alkanes of at least 4 members (excludes halogenated alkanes) is 29. The van der Waals surface area contributed by atoms with E-state index in [4.69, 9.17) is 14.2 Å². The van der Waals surface area contributed by atoms with Crippen molar-refractivity contribution in [1.82, 2.24) is 0 Å². The van der Waals surface area contributed by atoms with Crippen molar-refractivity contribution in [3.8, 4) is 0 Å². The number of ether oxygens (including phenoxy) is 3. The smallest absolute Gasteiger partial charge is 0.306 e. The molecule has 6 nitrogen and oxygen atoms in total. The van der Waals surface area contributed by atoms with Crippen LogP contribution in [0.1, 0.15) is 271 Å². The molecule has 0 rings (SSSR count). The van der Waals surface area contributed by atoms with E-state index in [2.05, 4.69) is 69.4 Å². The Morgan fingerprint density at radius 1 is 0.323 bits per heavy atom. The summed E-state index contributed by atoms with van der Waals surface area (Å²) in [5, 5.41) is 0. The lowest BCUT2D eigenvalue weighted by molar-refractivity contribution is -0.167. The Balaban J connectivity index is 4.16. The first-order valence-electron chi connectivity index (χ1n) is 26.6. The van der Waals surface area contributed by atoms with E-state index in [9.17, 15) is 14.4 Å². The molecule has 6 heteroatoms. The van der Waals surface area contributed by atoms with Crippen molar-refractivity contribution in [3.05, 3.63) is 48.6 Å². The predicted molar refractivity (Wildman–Crippen MR) is 265 cm³/mol. The molecule has 0 heterocycles. The summed E-state index contributed by atoms with van der Waals surface area (Å²) in [6.07, 6.45) is 61.2. The van der Waals surface area contributed by atoms with Crippen LogP contribution in [0.2, 0.25) is 0 Å². The second-order valence-corrected chi connectivity index (χ2v) is 17.8.